The molecule has 196 valence electrons. The number of carbonyl (C=O) groups excluding carboxylic acids is 2. The number of nitrogens with two attached hydrogens (primary N) is 1. The second-order valence-corrected chi connectivity index (χ2v) is 12.1. The topological polar surface area (TPSA) is 122 Å². The molecule has 1 aliphatic heterocycles. The van der Waals surface area contributed by atoms with Gasteiger partial charge in [-0.1, -0.05) is 49.4 Å². The van der Waals surface area contributed by atoms with Crippen LogP contribution in [0.1, 0.15) is 43.1 Å². The maximum atomic E-state index is 13.5. The van der Waals surface area contributed by atoms with Crippen molar-refractivity contribution in [2.75, 3.05) is 18.4 Å². The van der Waals surface area contributed by atoms with E-state index in [1.807, 2.05) is 32.0 Å². The van der Waals surface area contributed by atoms with Gasteiger partial charge in [0.15, 0.2) is 0 Å². The molecule has 0 unspecified atom stereocenters. The Hall–Kier alpha value is -3.27. The molecule has 8 nitrogen and oxygen atoms in total. The highest BCUT2D eigenvalue weighted by Crippen LogP contribution is 2.31. The van der Waals surface area contributed by atoms with Crippen molar-refractivity contribution < 1.29 is 18.0 Å². The summed E-state index contributed by atoms with van der Waals surface area (Å²) in [6.07, 6.45) is 0.491. The van der Waals surface area contributed by atoms with Crippen molar-refractivity contribution in [1.82, 2.24) is 9.62 Å². The number of piperidine rings is 1. The minimum Gasteiger partial charge on any atom is -0.341 e. The first kappa shape index (κ1) is 26.8. The van der Waals surface area contributed by atoms with E-state index >= 15 is 0 Å². The molecule has 0 bridgehead atoms. The monoisotopic (exact) mass is 522 g/mol. The van der Waals surface area contributed by atoms with E-state index < -0.39 is 15.6 Å². The summed E-state index contributed by atoms with van der Waals surface area (Å²) in [5, 5.41) is 4.08. The number of amides is 2. The van der Waals surface area contributed by atoms with E-state index in [1.54, 1.807) is 55.1 Å². The number of rotatable bonds is 6. The number of aryl methyl sites for hydroxylation is 1. The van der Waals surface area contributed by atoms with Crippen molar-refractivity contribution >= 4 is 38.3 Å². The molecule has 2 atom stereocenters. The highest BCUT2D eigenvalue weighted by molar-refractivity contribution is 7.89. The quantitative estimate of drug-likeness (QED) is 0.456. The van der Waals surface area contributed by atoms with E-state index in [4.69, 9.17) is 5.73 Å². The van der Waals surface area contributed by atoms with Crippen LogP contribution in [0.25, 0.3) is 10.8 Å². The minimum atomic E-state index is -3.88. The molecule has 3 aromatic carbocycles. The fraction of sp³-hybridized carbons (Fsp3) is 0.357. The summed E-state index contributed by atoms with van der Waals surface area (Å²) in [6, 6.07) is 17.2. The average Bonchev–Trinajstić information content (AvgIpc) is 2.84. The average molecular weight is 523 g/mol. The zero-order chi connectivity index (χ0) is 27.0. The lowest BCUT2D eigenvalue weighted by atomic mass is 9.93. The predicted octanol–water partition coefficient (Wildman–Crippen LogP) is 3.65. The van der Waals surface area contributed by atoms with Gasteiger partial charge in [0.2, 0.25) is 15.9 Å². The van der Waals surface area contributed by atoms with Gasteiger partial charge >= 0.3 is 0 Å². The normalized spacial score (nSPS) is 18.6. The van der Waals surface area contributed by atoms with Gasteiger partial charge in [0.05, 0.1) is 10.4 Å². The molecule has 1 saturated heterocycles. The molecule has 4 N–H and O–H groups in total. The Kier molecular flexibility index (Phi) is 7.41. The van der Waals surface area contributed by atoms with E-state index in [-0.39, 0.29) is 28.7 Å². The zero-order valence-electron chi connectivity index (χ0n) is 21.6. The van der Waals surface area contributed by atoms with Crippen molar-refractivity contribution in [2.45, 2.75) is 50.6 Å². The van der Waals surface area contributed by atoms with Crippen molar-refractivity contribution in [3.8, 4) is 0 Å². The van der Waals surface area contributed by atoms with E-state index in [2.05, 4.69) is 10.0 Å². The summed E-state index contributed by atoms with van der Waals surface area (Å²) in [7, 11) is -3.88. The molecular weight excluding hydrogens is 488 g/mol. The molecule has 0 aromatic heterocycles. The molecule has 1 fully saturated rings. The smallest absolute Gasteiger partial charge is 0.255 e. The standard InChI is InChI=1S/C28H34N4O4S/c1-18-9-5-6-10-20(18)26(33)30-24-13-14-25(22-12-8-7-11-21(22)24)37(35,36)31-23-15-16-32(17-19(23)2)27(34)28(3,4)29/h5-14,19,23,31H,15-17,29H2,1-4H3,(H,30,33)/t19-,23-/m1/s1. The second-order valence-electron chi connectivity index (χ2n) is 10.4. The third-order valence-corrected chi connectivity index (χ3v) is 8.41. The van der Waals surface area contributed by atoms with Crippen molar-refractivity contribution in [3.63, 3.8) is 0 Å². The van der Waals surface area contributed by atoms with Crippen LogP contribution in [0.15, 0.2) is 65.6 Å². The number of hydrogen-bond donors (Lipinski definition) is 3. The highest BCUT2D eigenvalue weighted by atomic mass is 32.2. The van der Waals surface area contributed by atoms with Crippen LogP contribution in [0.2, 0.25) is 0 Å². The van der Waals surface area contributed by atoms with Gasteiger partial charge in [-0.25, -0.2) is 13.1 Å². The number of nitrogens with one attached hydrogen (secondary N) is 2. The van der Waals surface area contributed by atoms with Crippen LogP contribution in [0.5, 0.6) is 0 Å². The molecule has 2 amide bonds. The third-order valence-electron chi connectivity index (χ3n) is 6.86. The summed E-state index contributed by atoms with van der Waals surface area (Å²) >= 11 is 0. The molecule has 1 heterocycles. The predicted molar refractivity (Wildman–Crippen MR) is 146 cm³/mol. The molecular formula is C28H34N4O4S. The number of nitrogens with zero attached hydrogens (tertiary/aromatic N) is 1. The largest absolute Gasteiger partial charge is 0.341 e. The molecule has 4 rings (SSSR count). The van der Waals surface area contributed by atoms with Crippen molar-refractivity contribution in [3.05, 3.63) is 71.8 Å². The second kappa shape index (κ2) is 10.2. The van der Waals surface area contributed by atoms with E-state index in [0.717, 1.165) is 5.56 Å². The molecule has 0 spiro atoms. The Morgan fingerprint density at radius 1 is 1.00 bits per heavy atom. The maximum absolute atomic E-state index is 13.5. The van der Waals surface area contributed by atoms with Crippen LogP contribution in [0, 0.1) is 12.8 Å². The lowest BCUT2D eigenvalue weighted by Crippen LogP contribution is -2.57. The van der Waals surface area contributed by atoms with Crippen LogP contribution in [0.3, 0.4) is 0 Å². The van der Waals surface area contributed by atoms with Gasteiger partial charge in [0.25, 0.3) is 5.91 Å². The molecule has 0 radical (unpaired) electrons. The van der Waals surface area contributed by atoms with Crippen molar-refractivity contribution in [2.24, 2.45) is 11.7 Å². The number of anilines is 1. The highest BCUT2D eigenvalue weighted by Gasteiger charge is 2.36. The van der Waals surface area contributed by atoms with E-state index in [9.17, 15) is 18.0 Å². The number of sulfonamides is 1. The molecule has 3 aromatic rings. The van der Waals surface area contributed by atoms with Crippen LogP contribution >= 0.6 is 0 Å². The minimum absolute atomic E-state index is 0.0891. The summed E-state index contributed by atoms with van der Waals surface area (Å²) in [5.74, 6) is -0.489. The van der Waals surface area contributed by atoms with Gasteiger partial charge in [-0.15, -0.1) is 0 Å². The Labute approximate surface area is 218 Å². The van der Waals surface area contributed by atoms with Crippen LogP contribution in [0.4, 0.5) is 5.69 Å². The first-order chi connectivity index (χ1) is 17.4. The van der Waals surface area contributed by atoms with Gasteiger partial charge < -0.3 is 16.0 Å². The maximum Gasteiger partial charge on any atom is 0.255 e. The lowest BCUT2D eigenvalue weighted by Gasteiger charge is -2.39. The fourth-order valence-electron chi connectivity index (χ4n) is 4.81. The van der Waals surface area contributed by atoms with E-state index in [0.29, 0.717) is 41.5 Å². The zero-order valence-corrected chi connectivity index (χ0v) is 22.4. The van der Waals surface area contributed by atoms with Crippen LogP contribution in [-0.4, -0.2) is 49.8 Å². The fourth-order valence-corrected chi connectivity index (χ4v) is 6.40. The summed E-state index contributed by atoms with van der Waals surface area (Å²) < 4.78 is 29.9. The van der Waals surface area contributed by atoms with Crippen LogP contribution in [-0.2, 0) is 14.8 Å². The van der Waals surface area contributed by atoms with Gasteiger partial charge in [-0.05, 0) is 56.9 Å². The summed E-state index contributed by atoms with van der Waals surface area (Å²) in [5.41, 5.74) is 6.95. The number of likely N-dealkylation sites (tertiary alicyclic amines) is 1. The van der Waals surface area contributed by atoms with Crippen LogP contribution < -0.4 is 15.8 Å². The Balaban J connectivity index is 1.57. The Morgan fingerprint density at radius 2 is 1.65 bits per heavy atom. The number of fused-ring (bicyclic) bond motifs is 1. The molecule has 37 heavy (non-hydrogen) atoms. The molecule has 0 aliphatic carbocycles. The SMILES string of the molecule is Cc1ccccc1C(=O)Nc1ccc(S(=O)(=O)N[C@@H]2CCN(C(=O)C(C)(C)N)C[C@H]2C)c2ccccc12. The van der Waals surface area contributed by atoms with Gasteiger partial charge in [-0.2, -0.15) is 0 Å². The molecule has 1 aliphatic rings. The number of carbonyl (C=O) groups is 2. The molecule has 0 saturated carbocycles. The molecule has 9 heteroatoms. The van der Waals surface area contributed by atoms with Gasteiger partial charge in [0.1, 0.15) is 0 Å². The number of hydrogen-bond acceptors (Lipinski definition) is 5. The Morgan fingerprint density at radius 3 is 2.30 bits per heavy atom. The van der Waals surface area contributed by atoms with Crippen molar-refractivity contribution in [1.29, 1.82) is 0 Å². The van der Waals surface area contributed by atoms with Gasteiger partial charge in [0, 0.05) is 41.2 Å². The lowest BCUT2D eigenvalue weighted by molar-refractivity contribution is -0.137. The summed E-state index contributed by atoms with van der Waals surface area (Å²) in [4.78, 5) is 27.3. The Bertz CT molecular complexity index is 1450. The summed E-state index contributed by atoms with van der Waals surface area (Å²) in [6.45, 7) is 8.00. The first-order valence-electron chi connectivity index (χ1n) is 12.4. The number of benzene rings is 3. The van der Waals surface area contributed by atoms with Gasteiger partial charge in [-0.3, -0.25) is 9.59 Å². The van der Waals surface area contributed by atoms with E-state index in [1.165, 1.54) is 6.07 Å². The third kappa shape index (κ3) is 5.69. The first-order valence-corrected chi connectivity index (χ1v) is 13.9.